The van der Waals surface area contributed by atoms with Gasteiger partial charge in [-0.3, -0.25) is 4.79 Å². The molecule has 4 heterocycles. The van der Waals surface area contributed by atoms with E-state index in [1.807, 2.05) is 6.92 Å². The minimum atomic E-state index is -1.80. The van der Waals surface area contributed by atoms with Gasteiger partial charge in [-0.15, -0.1) is 0 Å². The van der Waals surface area contributed by atoms with Crippen molar-refractivity contribution in [2.75, 3.05) is 19.8 Å². The lowest BCUT2D eigenvalue weighted by atomic mass is 9.33. The van der Waals surface area contributed by atoms with E-state index < -0.39 is 147 Å². The van der Waals surface area contributed by atoms with Crippen LogP contribution < -0.4 is 0 Å². The maximum absolute atomic E-state index is 13.2. The lowest BCUT2D eigenvalue weighted by molar-refractivity contribution is -0.399. The molecule has 11 N–H and O–H groups in total. The SMILES string of the molecule is C[C@@H]1O[C@H](O[C@@H]2CC[C@@]3(C)[C@@H](CC[C@@]4(C)[C@@H]3CC=C3[C@H]5CC(C)(C)CC[C@]5(C(=O)O)CC[C@@]34C)[C@@]2(C)CO)[C@@H](O[C@@H]2O[C@@H](C)[C@H](O)[C@@H](O)[C@H]2O[C@H]2OC[C@H](O)[C@@H](O)[C@@H]2O[C@@H]2OC[C@@H](O)[C@H](O)[C@H]2O)[C@H](O)[C@H]1O. The van der Waals surface area contributed by atoms with Crippen molar-refractivity contribution in [2.45, 2.75) is 236 Å². The molecule has 0 aromatic carbocycles. The van der Waals surface area contributed by atoms with E-state index in [0.717, 1.165) is 44.9 Å². The van der Waals surface area contributed by atoms with Crippen molar-refractivity contribution in [3.05, 3.63) is 11.6 Å². The van der Waals surface area contributed by atoms with Gasteiger partial charge in [-0.1, -0.05) is 53.2 Å². The second-order valence-corrected chi connectivity index (χ2v) is 25.2. The number of aliphatic carboxylic acids is 1. The highest BCUT2D eigenvalue weighted by atomic mass is 16.8. The van der Waals surface area contributed by atoms with E-state index in [1.165, 1.54) is 12.5 Å². The maximum Gasteiger partial charge on any atom is 0.310 e. The van der Waals surface area contributed by atoms with E-state index in [1.54, 1.807) is 6.92 Å². The van der Waals surface area contributed by atoms with Gasteiger partial charge in [0.1, 0.15) is 73.2 Å². The van der Waals surface area contributed by atoms with E-state index in [4.69, 9.17) is 37.9 Å². The Bertz CT molecular complexity index is 1990. The number of aliphatic hydroxyl groups is 10. The van der Waals surface area contributed by atoms with Crippen LogP contribution in [-0.4, -0.2) is 199 Å². The molecule has 72 heavy (non-hydrogen) atoms. The number of ether oxygens (including phenoxy) is 8. The van der Waals surface area contributed by atoms with Crippen LogP contribution in [0.1, 0.15) is 120 Å². The zero-order chi connectivity index (χ0) is 52.4. The predicted molar refractivity (Wildman–Crippen MR) is 250 cm³/mol. The fraction of sp³-hybridized carbons (Fsp3) is 0.942. The van der Waals surface area contributed by atoms with Gasteiger partial charge < -0.3 is 94.1 Å². The summed E-state index contributed by atoms with van der Waals surface area (Å²) in [6.45, 7) is 15.7. The first-order chi connectivity index (χ1) is 33.7. The van der Waals surface area contributed by atoms with Gasteiger partial charge in [-0.2, -0.15) is 0 Å². The average Bonchev–Trinajstić information content (AvgIpc) is 3.32. The molecule has 20 heteroatoms. The van der Waals surface area contributed by atoms with E-state index in [2.05, 4.69) is 40.7 Å². The predicted octanol–water partition coefficient (Wildman–Crippen LogP) is 0.836. The van der Waals surface area contributed by atoms with E-state index in [0.29, 0.717) is 19.3 Å². The number of aliphatic hydroxyl groups excluding tert-OH is 10. The van der Waals surface area contributed by atoms with Crippen LogP contribution in [0.3, 0.4) is 0 Å². The molecule has 0 radical (unpaired) electrons. The van der Waals surface area contributed by atoms with Crippen molar-refractivity contribution in [1.29, 1.82) is 0 Å². The number of carbonyl (C=O) groups is 1. The van der Waals surface area contributed by atoms with Gasteiger partial charge in [0.2, 0.25) is 0 Å². The summed E-state index contributed by atoms with van der Waals surface area (Å²) in [5, 5.41) is 121. The fourth-order valence-electron chi connectivity index (χ4n) is 15.9. The Balaban J connectivity index is 0.961. The molecule has 5 aliphatic carbocycles. The Hall–Kier alpha value is -1.51. The number of hydrogen-bond donors (Lipinski definition) is 11. The summed E-state index contributed by atoms with van der Waals surface area (Å²) in [4.78, 5) is 13.2. The Kier molecular flexibility index (Phi) is 15.2. The smallest absolute Gasteiger partial charge is 0.310 e. The number of rotatable bonds is 10. The molecular formula is C52H84O20. The molecule has 0 unspecified atom stereocenters. The topological polar surface area (TPSA) is 313 Å². The molecule has 20 nitrogen and oxygen atoms in total. The summed E-state index contributed by atoms with van der Waals surface area (Å²) < 4.78 is 48.9. The molecule has 9 rings (SSSR count). The highest BCUT2D eigenvalue weighted by molar-refractivity contribution is 5.76. The maximum atomic E-state index is 13.2. The van der Waals surface area contributed by atoms with Gasteiger partial charge in [0, 0.05) is 5.41 Å². The van der Waals surface area contributed by atoms with Gasteiger partial charge in [-0.05, 0) is 117 Å². The number of carboxylic acids is 1. The van der Waals surface area contributed by atoms with Gasteiger partial charge in [-0.25, -0.2) is 0 Å². The van der Waals surface area contributed by atoms with Crippen LogP contribution in [-0.2, 0) is 42.7 Å². The van der Waals surface area contributed by atoms with Crippen molar-refractivity contribution in [3.8, 4) is 0 Å². The molecule has 0 aromatic heterocycles. The van der Waals surface area contributed by atoms with Crippen molar-refractivity contribution in [2.24, 2.45) is 50.2 Å². The monoisotopic (exact) mass is 1030 g/mol. The highest BCUT2D eigenvalue weighted by Gasteiger charge is 2.70. The highest BCUT2D eigenvalue weighted by Crippen LogP contribution is 2.76. The second-order valence-electron chi connectivity index (χ2n) is 25.2. The van der Waals surface area contributed by atoms with Crippen LogP contribution in [0.4, 0.5) is 0 Å². The van der Waals surface area contributed by atoms with E-state index in [-0.39, 0.29) is 46.0 Å². The normalized spacial score (nSPS) is 55.6. The third-order valence-electron chi connectivity index (χ3n) is 20.8. The summed E-state index contributed by atoms with van der Waals surface area (Å²) in [7, 11) is 0. The minimum absolute atomic E-state index is 0.0239. The summed E-state index contributed by atoms with van der Waals surface area (Å²) in [5.74, 6) is -0.495. The van der Waals surface area contributed by atoms with Crippen molar-refractivity contribution in [3.63, 3.8) is 0 Å². The Morgan fingerprint density at radius 2 is 1.15 bits per heavy atom. The molecular weight excluding hydrogens is 945 g/mol. The Morgan fingerprint density at radius 1 is 0.611 bits per heavy atom. The van der Waals surface area contributed by atoms with Crippen LogP contribution >= 0.6 is 0 Å². The van der Waals surface area contributed by atoms with Crippen molar-refractivity contribution >= 4 is 5.97 Å². The fourth-order valence-corrected chi connectivity index (χ4v) is 15.9. The molecule has 0 bridgehead atoms. The number of fused-ring (bicyclic) bond motifs is 7. The molecule has 8 fully saturated rings. The molecule has 9 aliphatic rings. The number of carboxylic acid groups (broad SMARTS) is 1. The third kappa shape index (κ3) is 8.78. The van der Waals surface area contributed by atoms with Gasteiger partial charge >= 0.3 is 5.97 Å². The van der Waals surface area contributed by atoms with E-state index >= 15 is 0 Å². The number of allylic oxidation sites excluding steroid dienone is 2. The zero-order valence-electron chi connectivity index (χ0n) is 43.1. The van der Waals surface area contributed by atoms with Crippen LogP contribution in [0.25, 0.3) is 0 Å². The molecule has 4 aliphatic heterocycles. The van der Waals surface area contributed by atoms with Gasteiger partial charge in [0.05, 0.1) is 43.5 Å². The second kappa shape index (κ2) is 19.7. The van der Waals surface area contributed by atoms with Crippen LogP contribution in [0.5, 0.6) is 0 Å². The summed E-state index contributed by atoms with van der Waals surface area (Å²) in [6.07, 6.45) is -18.5. The molecule has 0 aromatic rings. The summed E-state index contributed by atoms with van der Waals surface area (Å²) in [5.41, 5.74) is -0.812. The Morgan fingerprint density at radius 3 is 1.76 bits per heavy atom. The standard InChI is InChI=1S/C52H84O20/c1-23-32(56)36(60)40(72-45-41(37(61)33(57)24(2)68-45)71-43-39(35(59)28(55)21-66-43)70-42-38(62)34(58)27(54)20-65-42)44(67-23)69-31-12-13-48(5)29(49(31,6)22-53)11-14-51(8)30(48)10-9-25-26-19-47(3,4)15-17-52(26,46(63)64)18-16-50(25,51)7/h9,23-24,26-45,53-62H,10-22H2,1-8H3,(H,63,64)/t23-,24-,26+,27+,28-,29+,30+,31+,32-,33-,34-,35+,36+,37+,38+,39-,40-,41+,42-,43+,44+,45-,48-,49+,50-,51-,52-/m0/s1. The quantitative estimate of drug-likeness (QED) is 0.107. The third-order valence-corrected chi connectivity index (χ3v) is 20.8. The molecule has 0 spiro atoms. The van der Waals surface area contributed by atoms with Crippen molar-refractivity contribution < 1.29 is 98.9 Å². The summed E-state index contributed by atoms with van der Waals surface area (Å²) >= 11 is 0. The van der Waals surface area contributed by atoms with E-state index in [9.17, 15) is 61.0 Å². The van der Waals surface area contributed by atoms with Gasteiger partial charge in [0.25, 0.3) is 0 Å². The molecule has 4 saturated heterocycles. The van der Waals surface area contributed by atoms with Crippen LogP contribution in [0.15, 0.2) is 11.6 Å². The molecule has 412 valence electrons. The molecule has 27 atom stereocenters. The average molecular weight is 1030 g/mol. The molecule has 0 amide bonds. The first-order valence-corrected chi connectivity index (χ1v) is 26.5. The van der Waals surface area contributed by atoms with Crippen molar-refractivity contribution in [1.82, 2.24) is 0 Å². The minimum Gasteiger partial charge on any atom is -0.481 e. The first-order valence-electron chi connectivity index (χ1n) is 26.5. The van der Waals surface area contributed by atoms with Crippen LogP contribution in [0, 0.1) is 50.2 Å². The van der Waals surface area contributed by atoms with Crippen LogP contribution in [0.2, 0.25) is 0 Å². The lowest BCUT2D eigenvalue weighted by Crippen LogP contribution is -2.67. The number of hydrogen-bond acceptors (Lipinski definition) is 19. The Labute approximate surface area is 421 Å². The lowest BCUT2D eigenvalue weighted by Gasteiger charge is -2.71. The first kappa shape index (κ1) is 55.3. The largest absolute Gasteiger partial charge is 0.481 e. The summed E-state index contributed by atoms with van der Waals surface area (Å²) in [6, 6.07) is 0. The molecule has 4 saturated carbocycles. The zero-order valence-corrected chi connectivity index (χ0v) is 43.1. The van der Waals surface area contributed by atoms with Gasteiger partial charge in [0.15, 0.2) is 25.2 Å².